The normalized spacial score (nSPS) is 20.7. The van der Waals surface area contributed by atoms with E-state index in [1.165, 1.54) is 6.20 Å². The minimum atomic E-state index is -0.412. The maximum absolute atomic E-state index is 11.2. The second-order valence-electron chi connectivity index (χ2n) is 5.32. The Kier molecular flexibility index (Phi) is 5.27. The predicted octanol–water partition coefficient (Wildman–Crippen LogP) is 1.48. The van der Waals surface area contributed by atoms with Crippen LogP contribution in [0.2, 0.25) is 0 Å². The summed E-state index contributed by atoms with van der Waals surface area (Å²) in [6.45, 7) is 2.97. The number of hydrogen-bond donors (Lipinski definition) is 1. The molecule has 2 heterocycles. The smallest absolute Gasteiger partial charge is 0.311 e. The van der Waals surface area contributed by atoms with Crippen LogP contribution in [0.4, 0.5) is 5.69 Å². The lowest BCUT2D eigenvalue weighted by Gasteiger charge is -2.28. The SMILES string of the molecule is CC(c1c([N+](=O)[O-])cnn1C1CCCCO1)N(C)CCO. The standard InChI is InChI=1S/C13H22N4O4/c1-10(15(2)6-7-18)13-11(17(19)20)9-14-16(13)12-5-3-4-8-21-12/h9-10,12,18H,3-8H2,1-2H3. The van der Waals surface area contributed by atoms with E-state index in [4.69, 9.17) is 9.84 Å². The highest BCUT2D eigenvalue weighted by Gasteiger charge is 2.31. The molecule has 8 heteroatoms. The zero-order chi connectivity index (χ0) is 15.4. The fraction of sp³-hybridized carbons (Fsp3) is 0.769. The van der Waals surface area contributed by atoms with Crippen molar-refractivity contribution in [3.05, 3.63) is 22.0 Å². The van der Waals surface area contributed by atoms with E-state index in [9.17, 15) is 10.1 Å². The van der Waals surface area contributed by atoms with Gasteiger partial charge < -0.3 is 9.84 Å². The summed E-state index contributed by atoms with van der Waals surface area (Å²) in [4.78, 5) is 12.7. The third-order valence-corrected chi connectivity index (χ3v) is 3.95. The fourth-order valence-corrected chi connectivity index (χ4v) is 2.61. The Labute approximate surface area is 123 Å². The molecule has 0 bridgehead atoms. The van der Waals surface area contributed by atoms with E-state index in [1.54, 1.807) is 4.68 Å². The average molecular weight is 298 g/mol. The molecule has 0 spiro atoms. The van der Waals surface area contributed by atoms with Crippen LogP contribution in [-0.4, -0.2) is 51.5 Å². The maximum Gasteiger partial charge on any atom is 0.311 e. The second-order valence-corrected chi connectivity index (χ2v) is 5.32. The van der Waals surface area contributed by atoms with Crippen LogP contribution >= 0.6 is 0 Å². The maximum atomic E-state index is 11.2. The molecule has 1 aromatic heterocycles. The lowest BCUT2D eigenvalue weighted by molar-refractivity contribution is -0.386. The van der Waals surface area contributed by atoms with Crippen LogP contribution in [0.3, 0.4) is 0 Å². The Morgan fingerprint density at radius 2 is 2.43 bits per heavy atom. The number of aromatic nitrogens is 2. The lowest BCUT2D eigenvalue weighted by atomic mass is 10.1. The van der Waals surface area contributed by atoms with Crippen molar-refractivity contribution in [2.24, 2.45) is 0 Å². The van der Waals surface area contributed by atoms with Crippen LogP contribution < -0.4 is 0 Å². The van der Waals surface area contributed by atoms with Crippen molar-refractivity contribution in [2.75, 3.05) is 26.8 Å². The van der Waals surface area contributed by atoms with Gasteiger partial charge in [-0.2, -0.15) is 5.10 Å². The topological polar surface area (TPSA) is 93.7 Å². The Balaban J connectivity index is 2.34. The predicted molar refractivity (Wildman–Crippen MR) is 75.9 cm³/mol. The number of likely N-dealkylation sites (N-methyl/N-ethyl adjacent to an activating group) is 1. The van der Waals surface area contributed by atoms with E-state index in [2.05, 4.69) is 5.10 Å². The van der Waals surface area contributed by atoms with Crippen molar-refractivity contribution in [3.8, 4) is 0 Å². The zero-order valence-corrected chi connectivity index (χ0v) is 12.4. The molecule has 1 aliphatic rings. The van der Waals surface area contributed by atoms with Gasteiger partial charge in [-0.15, -0.1) is 0 Å². The molecule has 1 N–H and O–H groups in total. The van der Waals surface area contributed by atoms with Gasteiger partial charge >= 0.3 is 5.69 Å². The van der Waals surface area contributed by atoms with E-state index in [-0.39, 0.29) is 24.6 Å². The minimum Gasteiger partial charge on any atom is -0.395 e. The third-order valence-electron chi connectivity index (χ3n) is 3.95. The van der Waals surface area contributed by atoms with Crippen molar-refractivity contribution in [2.45, 2.75) is 38.5 Å². The number of aliphatic hydroxyl groups excluding tert-OH is 1. The summed E-state index contributed by atoms with van der Waals surface area (Å²) in [5, 5.41) is 24.5. The Bertz CT molecular complexity index is 485. The second kappa shape index (κ2) is 6.97. The largest absolute Gasteiger partial charge is 0.395 e. The van der Waals surface area contributed by atoms with Crippen molar-refractivity contribution >= 4 is 5.69 Å². The number of nitro groups is 1. The zero-order valence-electron chi connectivity index (χ0n) is 12.4. The fourth-order valence-electron chi connectivity index (χ4n) is 2.61. The molecule has 8 nitrogen and oxygen atoms in total. The minimum absolute atomic E-state index is 0.00135. The quantitative estimate of drug-likeness (QED) is 0.631. The number of hydrogen-bond acceptors (Lipinski definition) is 6. The van der Waals surface area contributed by atoms with Crippen molar-refractivity contribution in [3.63, 3.8) is 0 Å². The van der Waals surface area contributed by atoms with Gasteiger partial charge in [-0.1, -0.05) is 0 Å². The van der Waals surface area contributed by atoms with Crippen LogP contribution in [0.1, 0.15) is 44.1 Å². The highest BCUT2D eigenvalue weighted by atomic mass is 16.6. The number of ether oxygens (including phenoxy) is 1. The number of aliphatic hydroxyl groups is 1. The summed E-state index contributed by atoms with van der Waals surface area (Å²) in [5.41, 5.74) is 0.532. The first-order chi connectivity index (χ1) is 10.1. The Morgan fingerprint density at radius 1 is 1.67 bits per heavy atom. The molecule has 1 fully saturated rings. The molecule has 118 valence electrons. The van der Waals surface area contributed by atoms with E-state index < -0.39 is 4.92 Å². The van der Waals surface area contributed by atoms with Crippen LogP contribution in [0.5, 0.6) is 0 Å². The molecule has 2 unspecified atom stereocenters. The molecule has 1 aliphatic heterocycles. The molecule has 0 amide bonds. The van der Waals surface area contributed by atoms with E-state index in [1.807, 2.05) is 18.9 Å². The van der Waals surface area contributed by atoms with Gasteiger partial charge in [0.25, 0.3) is 0 Å². The highest BCUT2D eigenvalue weighted by molar-refractivity contribution is 5.35. The molecule has 1 saturated heterocycles. The molecule has 1 aromatic rings. The molecular formula is C13H22N4O4. The number of rotatable bonds is 6. The van der Waals surface area contributed by atoms with Crippen LogP contribution in [-0.2, 0) is 4.74 Å². The summed E-state index contributed by atoms with van der Waals surface area (Å²) in [7, 11) is 1.82. The first kappa shape index (κ1) is 15.9. The molecule has 21 heavy (non-hydrogen) atoms. The van der Waals surface area contributed by atoms with Crippen LogP contribution in [0, 0.1) is 10.1 Å². The highest BCUT2D eigenvalue weighted by Crippen LogP contribution is 2.33. The van der Waals surface area contributed by atoms with Gasteiger partial charge in [0.15, 0.2) is 6.23 Å². The molecule has 2 rings (SSSR count). The van der Waals surface area contributed by atoms with Gasteiger partial charge in [0.1, 0.15) is 11.9 Å². The molecule has 0 aromatic carbocycles. The van der Waals surface area contributed by atoms with Gasteiger partial charge in [-0.3, -0.25) is 15.0 Å². The van der Waals surface area contributed by atoms with Gasteiger partial charge in [0, 0.05) is 13.2 Å². The molecule has 2 atom stereocenters. The van der Waals surface area contributed by atoms with Crippen molar-refractivity contribution < 1.29 is 14.8 Å². The summed E-state index contributed by atoms with van der Waals surface area (Å²) in [6.07, 6.45) is 3.89. The molecule has 0 saturated carbocycles. The van der Waals surface area contributed by atoms with Gasteiger partial charge in [-0.25, -0.2) is 4.68 Å². The van der Waals surface area contributed by atoms with Crippen LogP contribution in [0.15, 0.2) is 6.20 Å². The van der Waals surface area contributed by atoms with Gasteiger partial charge in [0.05, 0.1) is 17.6 Å². The van der Waals surface area contributed by atoms with Crippen molar-refractivity contribution in [1.82, 2.24) is 14.7 Å². The Morgan fingerprint density at radius 3 is 3.00 bits per heavy atom. The van der Waals surface area contributed by atoms with Gasteiger partial charge in [0.2, 0.25) is 0 Å². The molecule has 0 radical (unpaired) electrons. The third kappa shape index (κ3) is 3.39. The van der Waals surface area contributed by atoms with E-state index >= 15 is 0 Å². The average Bonchev–Trinajstić information content (AvgIpc) is 2.92. The van der Waals surface area contributed by atoms with Gasteiger partial charge in [-0.05, 0) is 33.2 Å². The molecular weight excluding hydrogens is 276 g/mol. The summed E-state index contributed by atoms with van der Waals surface area (Å²) in [5.74, 6) is 0. The first-order valence-corrected chi connectivity index (χ1v) is 7.20. The van der Waals surface area contributed by atoms with Crippen LogP contribution in [0.25, 0.3) is 0 Å². The monoisotopic (exact) mass is 298 g/mol. The van der Waals surface area contributed by atoms with E-state index in [0.29, 0.717) is 18.8 Å². The summed E-state index contributed by atoms with van der Waals surface area (Å²) < 4.78 is 7.33. The van der Waals surface area contributed by atoms with E-state index in [0.717, 1.165) is 19.3 Å². The summed E-state index contributed by atoms with van der Waals surface area (Å²) >= 11 is 0. The first-order valence-electron chi connectivity index (χ1n) is 7.20. The number of nitrogens with zero attached hydrogens (tertiary/aromatic N) is 4. The van der Waals surface area contributed by atoms with Crippen molar-refractivity contribution in [1.29, 1.82) is 0 Å². The Hall–Kier alpha value is -1.51. The molecule has 0 aliphatic carbocycles. The lowest BCUT2D eigenvalue weighted by Crippen LogP contribution is -2.30. The summed E-state index contributed by atoms with van der Waals surface area (Å²) in [6, 6.07) is -0.231.